The second-order valence-electron chi connectivity index (χ2n) is 5.28. The van der Waals surface area contributed by atoms with Gasteiger partial charge in [-0.2, -0.15) is 0 Å². The van der Waals surface area contributed by atoms with Gasteiger partial charge in [0.15, 0.2) is 0 Å². The molecule has 2 atom stereocenters. The van der Waals surface area contributed by atoms with Gasteiger partial charge in [0.25, 0.3) is 0 Å². The maximum absolute atomic E-state index is 12.0. The number of rotatable bonds is 5. The van der Waals surface area contributed by atoms with E-state index in [1.807, 2.05) is 0 Å². The van der Waals surface area contributed by atoms with Crippen molar-refractivity contribution in [2.24, 2.45) is 5.92 Å². The predicted octanol–water partition coefficient (Wildman–Crippen LogP) is 0.896. The summed E-state index contributed by atoms with van der Waals surface area (Å²) >= 11 is 0. The molecule has 114 valence electrons. The number of piperidine rings is 1. The molecule has 0 aliphatic carbocycles. The fourth-order valence-corrected chi connectivity index (χ4v) is 4.04. The fraction of sp³-hybridized carbons (Fsp3) is 1.00. The van der Waals surface area contributed by atoms with Gasteiger partial charge in [0.2, 0.25) is 10.0 Å². The van der Waals surface area contributed by atoms with E-state index >= 15 is 0 Å². The van der Waals surface area contributed by atoms with E-state index in [1.165, 1.54) is 12.8 Å². The highest BCUT2D eigenvalue weighted by Crippen LogP contribution is 2.15. The lowest BCUT2D eigenvalue weighted by molar-refractivity contribution is 0.0988. The van der Waals surface area contributed by atoms with E-state index in [0.717, 1.165) is 32.4 Å². The zero-order valence-electron chi connectivity index (χ0n) is 11.3. The third-order valence-corrected chi connectivity index (χ3v) is 5.67. The average Bonchev–Trinajstić information content (AvgIpc) is 2.41. The SMILES string of the molecule is Cl.O=S(=O)(NCCC1CCCNC1)C1CCCOC1. The molecule has 0 aromatic heterocycles. The van der Waals surface area contributed by atoms with Crippen molar-refractivity contribution in [2.45, 2.75) is 37.4 Å². The molecule has 0 radical (unpaired) electrons. The molecule has 2 aliphatic heterocycles. The summed E-state index contributed by atoms with van der Waals surface area (Å²) in [6, 6.07) is 0. The van der Waals surface area contributed by atoms with Crippen LogP contribution in [0.1, 0.15) is 32.1 Å². The lowest BCUT2D eigenvalue weighted by Crippen LogP contribution is -2.41. The molecule has 2 N–H and O–H groups in total. The zero-order chi connectivity index (χ0) is 12.8. The Labute approximate surface area is 122 Å². The van der Waals surface area contributed by atoms with Gasteiger partial charge in [-0.1, -0.05) is 0 Å². The van der Waals surface area contributed by atoms with Gasteiger partial charge >= 0.3 is 0 Å². The summed E-state index contributed by atoms with van der Waals surface area (Å²) in [5.41, 5.74) is 0. The molecular weight excluding hydrogens is 288 g/mol. The van der Waals surface area contributed by atoms with Crippen LogP contribution in [0.4, 0.5) is 0 Å². The number of hydrogen-bond acceptors (Lipinski definition) is 4. The molecule has 5 nitrogen and oxygen atoms in total. The van der Waals surface area contributed by atoms with Gasteiger partial charge in [-0.15, -0.1) is 12.4 Å². The molecule has 0 amide bonds. The minimum Gasteiger partial charge on any atom is -0.380 e. The Balaban J connectivity index is 0.00000180. The van der Waals surface area contributed by atoms with Crippen LogP contribution >= 0.6 is 12.4 Å². The summed E-state index contributed by atoms with van der Waals surface area (Å²) < 4.78 is 32.0. The molecular formula is C12H25ClN2O3S. The fourth-order valence-electron chi connectivity index (χ4n) is 2.65. The summed E-state index contributed by atoms with van der Waals surface area (Å²) in [5, 5.41) is 3.00. The number of hydrogen-bond donors (Lipinski definition) is 2. The lowest BCUT2D eigenvalue weighted by Gasteiger charge is -2.25. The van der Waals surface area contributed by atoms with Gasteiger partial charge in [0.05, 0.1) is 11.9 Å². The Kier molecular flexibility index (Phi) is 7.61. The highest BCUT2D eigenvalue weighted by molar-refractivity contribution is 7.90. The maximum Gasteiger partial charge on any atom is 0.216 e. The van der Waals surface area contributed by atoms with E-state index in [2.05, 4.69) is 10.0 Å². The molecule has 2 heterocycles. The molecule has 0 spiro atoms. The first-order valence-electron chi connectivity index (χ1n) is 6.95. The number of sulfonamides is 1. The molecule has 2 aliphatic rings. The molecule has 2 saturated heterocycles. The third-order valence-electron chi connectivity index (χ3n) is 3.81. The second kappa shape index (κ2) is 8.42. The number of nitrogens with one attached hydrogen (secondary N) is 2. The Bertz CT molecular complexity index is 339. The minimum atomic E-state index is -3.18. The van der Waals surface area contributed by atoms with Crippen molar-refractivity contribution in [1.29, 1.82) is 0 Å². The summed E-state index contributed by atoms with van der Waals surface area (Å²) in [6.45, 7) is 3.72. The van der Waals surface area contributed by atoms with E-state index in [4.69, 9.17) is 4.74 Å². The largest absolute Gasteiger partial charge is 0.380 e. The summed E-state index contributed by atoms with van der Waals surface area (Å²) in [5.74, 6) is 0.615. The molecule has 0 bridgehead atoms. The van der Waals surface area contributed by atoms with E-state index < -0.39 is 10.0 Å². The quantitative estimate of drug-likeness (QED) is 0.791. The van der Waals surface area contributed by atoms with Crippen LogP contribution in [0.25, 0.3) is 0 Å². The average molecular weight is 313 g/mol. The molecule has 2 unspecified atom stereocenters. The van der Waals surface area contributed by atoms with Crippen LogP contribution < -0.4 is 10.0 Å². The van der Waals surface area contributed by atoms with Crippen molar-refractivity contribution >= 4 is 22.4 Å². The zero-order valence-corrected chi connectivity index (χ0v) is 12.9. The molecule has 19 heavy (non-hydrogen) atoms. The standard InChI is InChI=1S/C12H24N2O3S.ClH/c15-18(16,12-4-2-8-17-10-12)14-7-5-11-3-1-6-13-9-11;/h11-14H,1-10H2;1H. The molecule has 2 rings (SSSR count). The molecule has 7 heteroatoms. The van der Waals surface area contributed by atoms with Crippen LogP contribution in [0, 0.1) is 5.92 Å². The smallest absolute Gasteiger partial charge is 0.216 e. The highest BCUT2D eigenvalue weighted by Gasteiger charge is 2.27. The first-order valence-corrected chi connectivity index (χ1v) is 8.50. The van der Waals surface area contributed by atoms with Crippen molar-refractivity contribution in [1.82, 2.24) is 10.0 Å². The van der Waals surface area contributed by atoms with Crippen molar-refractivity contribution < 1.29 is 13.2 Å². The Hall–Kier alpha value is 0.120. The Morgan fingerprint density at radius 2 is 2.11 bits per heavy atom. The van der Waals surface area contributed by atoms with Gasteiger partial charge in [-0.05, 0) is 51.1 Å². The van der Waals surface area contributed by atoms with Gasteiger partial charge in [0.1, 0.15) is 0 Å². The predicted molar refractivity (Wildman–Crippen MR) is 78.2 cm³/mol. The maximum atomic E-state index is 12.0. The van der Waals surface area contributed by atoms with Gasteiger partial charge in [0, 0.05) is 13.2 Å². The molecule has 2 fully saturated rings. The van der Waals surface area contributed by atoms with E-state index in [0.29, 0.717) is 25.7 Å². The monoisotopic (exact) mass is 312 g/mol. The van der Waals surface area contributed by atoms with Crippen LogP contribution in [-0.2, 0) is 14.8 Å². The third kappa shape index (κ3) is 5.55. The van der Waals surface area contributed by atoms with Crippen LogP contribution in [0.15, 0.2) is 0 Å². The van der Waals surface area contributed by atoms with Crippen LogP contribution in [0.5, 0.6) is 0 Å². The highest BCUT2D eigenvalue weighted by atomic mass is 35.5. The van der Waals surface area contributed by atoms with Crippen LogP contribution in [0.3, 0.4) is 0 Å². The van der Waals surface area contributed by atoms with Crippen molar-refractivity contribution in [2.75, 3.05) is 32.8 Å². The van der Waals surface area contributed by atoms with Crippen LogP contribution in [0.2, 0.25) is 0 Å². The molecule has 0 aromatic rings. The minimum absolute atomic E-state index is 0. The van der Waals surface area contributed by atoms with Crippen molar-refractivity contribution in [3.05, 3.63) is 0 Å². The lowest BCUT2D eigenvalue weighted by atomic mass is 9.96. The normalized spacial score (nSPS) is 28.6. The number of halogens is 1. The van der Waals surface area contributed by atoms with E-state index in [-0.39, 0.29) is 17.7 Å². The van der Waals surface area contributed by atoms with Crippen molar-refractivity contribution in [3.63, 3.8) is 0 Å². The number of ether oxygens (including phenoxy) is 1. The Morgan fingerprint density at radius 1 is 1.26 bits per heavy atom. The topological polar surface area (TPSA) is 67.4 Å². The van der Waals surface area contributed by atoms with E-state index in [1.54, 1.807) is 0 Å². The Morgan fingerprint density at radius 3 is 2.74 bits per heavy atom. The van der Waals surface area contributed by atoms with Crippen LogP contribution in [-0.4, -0.2) is 46.5 Å². The summed E-state index contributed by atoms with van der Waals surface area (Å²) in [7, 11) is -3.18. The first-order chi connectivity index (χ1) is 8.68. The summed E-state index contributed by atoms with van der Waals surface area (Å²) in [4.78, 5) is 0. The van der Waals surface area contributed by atoms with E-state index in [9.17, 15) is 8.42 Å². The molecule has 0 saturated carbocycles. The van der Waals surface area contributed by atoms with Crippen molar-refractivity contribution in [3.8, 4) is 0 Å². The van der Waals surface area contributed by atoms with Gasteiger partial charge in [-0.3, -0.25) is 0 Å². The first kappa shape index (κ1) is 17.2. The second-order valence-corrected chi connectivity index (χ2v) is 7.32. The van der Waals surface area contributed by atoms with Gasteiger partial charge in [-0.25, -0.2) is 13.1 Å². The van der Waals surface area contributed by atoms with Gasteiger partial charge < -0.3 is 10.1 Å². The molecule has 0 aromatic carbocycles. The summed E-state index contributed by atoms with van der Waals surface area (Å²) in [6.07, 6.45) is 4.91.